The fourth-order valence-electron chi connectivity index (χ4n) is 9.80. The Balaban J connectivity index is 1.11. The van der Waals surface area contributed by atoms with Crippen LogP contribution in [0.3, 0.4) is 0 Å². The molecule has 8 heteroatoms. The Hall–Kier alpha value is -6.28. The standard InChI is InChI=1S/C49H42N4O4/c1-3-5-7-9-14-29(15-10-8-6-4-2)52-46(54)35-21-17-30-32-19-23-37-43-38(24-20-33(41(32)43)31-18-22-36(47(52)55)42(35)40(30)31)49(57)53(48(37)56)39-27-28-13-11-25-50-44(28)45-34(39)16-12-26-51-45/h11-13,16-27,29H,3-10,14-15H2,1-2H3. The lowest BCUT2D eigenvalue weighted by Gasteiger charge is -2.35. The highest BCUT2D eigenvalue weighted by Crippen LogP contribution is 2.47. The van der Waals surface area contributed by atoms with E-state index in [-0.39, 0.29) is 17.9 Å². The monoisotopic (exact) mass is 750 g/mol. The van der Waals surface area contributed by atoms with E-state index < -0.39 is 11.8 Å². The van der Waals surface area contributed by atoms with E-state index >= 15 is 0 Å². The van der Waals surface area contributed by atoms with Gasteiger partial charge < -0.3 is 0 Å². The molecular weight excluding hydrogens is 709 g/mol. The average Bonchev–Trinajstić information content (AvgIpc) is 3.24. The lowest BCUT2D eigenvalue weighted by molar-refractivity contribution is 0.0516. The molecule has 0 atom stereocenters. The second-order valence-corrected chi connectivity index (χ2v) is 15.8. The fourth-order valence-corrected chi connectivity index (χ4v) is 9.80. The Kier molecular flexibility index (Phi) is 8.47. The van der Waals surface area contributed by atoms with E-state index in [9.17, 15) is 19.2 Å². The summed E-state index contributed by atoms with van der Waals surface area (Å²) in [6.45, 7) is 4.39. The molecule has 0 spiro atoms. The van der Waals surface area contributed by atoms with E-state index in [0.29, 0.717) is 55.1 Å². The van der Waals surface area contributed by atoms with Gasteiger partial charge in [0.05, 0.1) is 16.7 Å². The molecule has 0 bridgehead atoms. The number of benzene rings is 6. The highest BCUT2D eigenvalue weighted by Gasteiger charge is 2.40. The van der Waals surface area contributed by atoms with Gasteiger partial charge in [0, 0.05) is 62.2 Å². The number of unbranched alkanes of at least 4 members (excludes halogenated alkanes) is 6. The number of carbonyl (C=O) groups excluding carboxylic acids is 4. The van der Waals surface area contributed by atoms with Crippen molar-refractivity contribution in [3.63, 3.8) is 0 Å². The molecule has 0 radical (unpaired) electrons. The van der Waals surface area contributed by atoms with Crippen LogP contribution >= 0.6 is 0 Å². The Morgan fingerprint density at radius 1 is 0.491 bits per heavy atom. The van der Waals surface area contributed by atoms with E-state index in [0.717, 1.165) is 102 Å². The molecule has 4 heterocycles. The summed E-state index contributed by atoms with van der Waals surface area (Å²) in [4.78, 5) is 70.3. The molecule has 0 aliphatic carbocycles. The Labute approximate surface area is 329 Å². The first-order chi connectivity index (χ1) is 27.9. The second-order valence-electron chi connectivity index (χ2n) is 15.8. The highest BCUT2D eigenvalue weighted by atomic mass is 16.2. The maximum atomic E-state index is 14.6. The summed E-state index contributed by atoms with van der Waals surface area (Å²) in [6.07, 6.45) is 13.8. The SMILES string of the molecule is CCCCCCC(CCCCCC)N1C(=O)c2ccc3c4ccc5c6c(ccc(c7ccc(c2c37)C1=O)c64)C(=O)N(c1cc2cccnc2c2ncccc12)C5=O. The van der Waals surface area contributed by atoms with E-state index in [1.54, 1.807) is 23.4 Å². The Morgan fingerprint density at radius 2 is 0.965 bits per heavy atom. The van der Waals surface area contributed by atoms with Gasteiger partial charge in [-0.3, -0.25) is 34.0 Å². The number of anilines is 1. The van der Waals surface area contributed by atoms with Gasteiger partial charge in [0.2, 0.25) is 0 Å². The summed E-state index contributed by atoms with van der Waals surface area (Å²) in [6, 6.07) is 24.4. The van der Waals surface area contributed by atoms with Crippen LogP contribution in [-0.2, 0) is 0 Å². The molecule has 8 nitrogen and oxygen atoms in total. The van der Waals surface area contributed by atoms with Gasteiger partial charge in [-0.05, 0) is 93.7 Å². The van der Waals surface area contributed by atoms with Crippen LogP contribution in [0.25, 0.3) is 64.9 Å². The first-order valence-electron chi connectivity index (χ1n) is 20.5. The number of hydrogen-bond donors (Lipinski definition) is 0. The van der Waals surface area contributed by atoms with Gasteiger partial charge in [-0.2, -0.15) is 0 Å². The number of hydrogen-bond acceptors (Lipinski definition) is 6. The Morgan fingerprint density at radius 3 is 1.47 bits per heavy atom. The summed E-state index contributed by atoms with van der Waals surface area (Å²) in [5.74, 6) is -1.25. The molecule has 0 fully saturated rings. The molecular formula is C49H42N4O4. The maximum Gasteiger partial charge on any atom is 0.266 e. The molecule has 0 saturated carbocycles. The molecule has 0 unspecified atom stereocenters. The molecule has 0 saturated heterocycles. The van der Waals surface area contributed by atoms with Crippen LogP contribution in [0, 0.1) is 0 Å². The van der Waals surface area contributed by atoms with Crippen LogP contribution < -0.4 is 4.90 Å². The van der Waals surface area contributed by atoms with Crippen molar-refractivity contribution in [2.45, 2.75) is 84.1 Å². The molecule has 2 aliphatic rings. The third-order valence-electron chi connectivity index (χ3n) is 12.5. The molecule has 10 rings (SSSR count). The van der Waals surface area contributed by atoms with E-state index in [2.05, 4.69) is 23.8 Å². The van der Waals surface area contributed by atoms with Gasteiger partial charge >= 0.3 is 0 Å². The van der Waals surface area contributed by atoms with E-state index in [1.165, 1.54) is 4.90 Å². The normalized spacial score (nSPS) is 14.4. The van der Waals surface area contributed by atoms with Crippen LogP contribution in [-0.4, -0.2) is 44.5 Å². The van der Waals surface area contributed by atoms with Gasteiger partial charge in [-0.25, -0.2) is 4.90 Å². The largest absolute Gasteiger partial charge is 0.271 e. The topological polar surface area (TPSA) is 101 Å². The van der Waals surface area contributed by atoms with Crippen molar-refractivity contribution in [2.75, 3.05) is 4.90 Å². The minimum atomic E-state index is -0.407. The average molecular weight is 751 g/mol. The zero-order valence-electron chi connectivity index (χ0n) is 32.2. The molecule has 4 amide bonds. The number of aromatic nitrogens is 2. The highest BCUT2D eigenvalue weighted by molar-refractivity contribution is 6.44. The number of rotatable bonds is 12. The van der Waals surface area contributed by atoms with Crippen LogP contribution in [0.1, 0.15) is 119 Å². The van der Waals surface area contributed by atoms with Crippen LogP contribution in [0.15, 0.2) is 91.3 Å². The first-order valence-corrected chi connectivity index (χ1v) is 20.5. The van der Waals surface area contributed by atoms with Gasteiger partial charge in [0.25, 0.3) is 23.6 Å². The van der Waals surface area contributed by atoms with Crippen molar-refractivity contribution >= 4 is 94.2 Å². The van der Waals surface area contributed by atoms with Gasteiger partial charge in [-0.1, -0.05) is 95.5 Å². The number of carbonyl (C=O) groups is 4. The van der Waals surface area contributed by atoms with Crippen molar-refractivity contribution in [1.29, 1.82) is 0 Å². The van der Waals surface area contributed by atoms with Crippen LogP contribution in [0.5, 0.6) is 0 Å². The summed E-state index contributed by atoms with van der Waals surface area (Å²) in [5.41, 5.74) is 3.77. The van der Waals surface area contributed by atoms with Crippen LogP contribution in [0.2, 0.25) is 0 Å². The lowest BCUT2D eigenvalue weighted by atomic mass is 9.82. The fraction of sp³-hybridized carbons (Fsp3) is 0.265. The smallest absolute Gasteiger partial charge is 0.266 e. The quantitative estimate of drug-likeness (QED) is 0.0533. The summed E-state index contributed by atoms with van der Waals surface area (Å²) >= 11 is 0. The summed E-state index contributed by atoms with van der Waals surface area (Å²) < 4.78 is 0. The van der Waals surface area contributed by atoms with Crippen molar-refractivity contribution in [3.8, 4) is 0 Å². The molecule has 57 heavy (non-hydrogen) atoms. The van der Waals surface area contributed by atoms with Crippen molar-refractivity contribution in [3.05, 3.63) is 114 Å². The van der Waals surface area contributed by atoms with E-state index in [4.69, 9.17) is 0 Å². The molecule has 2 aliphatic heterocycles. The predicted molar refractivity (Wildman–Crippen MR) is 228 cm³/mol. The number of pyridine rings is 2. The molecule has 2 aromatic heterocycles. The van der Waals surface area contributed by atoms with Gasteiger partial charge in [-0.15, -0.1) is 0 Å². The summed E-state index contributed by atoms with van der Waals surface area (Å²) in [7, 11) is 0. The van der Waals surface area contributed by atoms with Gasteiger partial charge in [0.15, 0.2) is 0 Å². The second kappa shape index (κ2) is 13.7. The molecule has 0 N–H and O–H groups in total. The number of imide groups is 2. The van der Waals surface area contributed by atoms with Crippen molar-refractivity contribution < 1.29 is 19.2 Å². The Bertz CT molecular complexity index is 2870. The maximum absolute atomic E-state index is 14.6. The number of amides is 4. The third kappa shape index (κ3) is 5.19. The zero-order chi connectivity index (χ0) is 38.9. The molecule has 8 aromatic rings. The predicted octanol–water partition coefficient (Wildman–Crippen LogP) is 11.5. The van der Waals surface area contributed by atoms with Crippen molar-refractivity contribution in [1.82, 2.24) is 14.9 Å². The lowest BCUT2D eigenvalue weighted by Crippen LogP contribution is -2.47. The third-order valence-corrected chi connectivity index (χ3v) is 12.5. The van der Waals surface area contributed by atoms with Gasteiger partial charge in [0.1, 0.15) is 0 Å². The first kappa shape index (κ1) is 35.2. The minimum Gasteiger partial charge on any atom is -0.271 e. The minimum absolute atomic E-state index is 0.138. The van der Waals surface area contributed by atoms with E-state index in [1.807, 2.05) is 72.8 Å². The number of nitrogens with zero attached hydrogens (tertiary/aromatic N) is 4. The summed E-state index contributed by atoms with van der Waals surface area (Å²) in [5, 5.41) is 7.94. The number of fused-ring (bicyclic) bond motifs is 5. The zero-order valence-corrected chi connectivity index (χ0v) is 32.2. The molecule has 282 valence electrons. The van der Waals surface area contributed by atoms with Crippen LogP contribution in [0.4, 0.5) is 5.69 Å². The molecule has 6 aromatic carbocycles. The van der Waals surface area contributed by atoms with Crippen molar-refractivity contribution in [2.24, 2.45) is 0 Å².